The van der Waals surface area contributed by atoms with E-state index in [2.05, 4.69) is 4.98 Å². The quantitative estimate of drug-likeness (QED) is 0.721. The number of hydrogen-bond donors (Lipinski definition) is 1. The second kappa shape index (κ2) is 11.1. The number of amides is 1. The zero-order valence-electron chi connectivity index (χ0n) is 17.5. The minimum absolute atomic E-state index is 0.121. The van der Waals surface area contributed by atoms with Crippen LogP contribution in [0.3, 0.4) is 0 Å². The van der Waals surface area contributed by atoms with Gasteiger partial charge in [0.1, 0.15) is 6.10 Å². The van der Waals surface area contributed by atoms with Gasteiger partial charge in [0, 0.05) is 25.5 Å². The largest absolute Gasteiger partial charge is 0.490 e. The summed E-state index contributed by atoms with van der Waals surface area (Å²) < 4.78 is 49.3. The number of carboxylic acid groups (broad SMARTS) is 1. The molecule has 178 valence electrons. The molecule has 1 aromatic rings. The Bertz CT molecular complexity index is 758. The molecule has 3 fully saturated rings. The summed E-state index contributed by atoms with van der Waals surface area (Å²) in [6.07, 6.45) is 3.24. The van der Waals surface area contributed by atoms with Gasteiger partial charge in [-0.2, -0.15) is 13.2 Å². The molecule has 0 spiro atoms. The van der Waals surface area contributed by atoms with Crippen molar-refractivity contribution in [1.29, 1.82) is 0 Å². The molecule has 4 heterocycles. The number of nitrogens with zero attached hydrogens (tertiary/aromatic N) is 2. The van der Waals surface area contributed by atoms with Crippen molar-refractivity contribution in [3.63, 3.8) is 0 Å². The molecule has 32 heavy (non-hydrogen) atoms. The number of fused-ring (bicyclic) bond motifs is 1. The monoisotopic (exact) mass is 460 g/mol. The van der Waals surface area contributed by atoms with Crippen LogP contribution >= 0.6 is 0 Å². The molecule has 3 saturated heterocycles. The van der Waals surface area contributed by atoms with E-state index in [-0.39, 0.29) is 30.3 Å². The van der Waals surface area contributed by atoms with E-state index in [0.29, 0.717) is 19.8 Å². The highest BCUT2D eigenvalue weighted by Gasteiger charge is 2.44. The van der Waals surface area contributed by atoms with Gasteiger partial charge in [-0.25, -0.2) is 4.79 Å². The number of carbonyl (C=O) groups excluding carboxylic acids is 1. The predicted octanol–water partition coefficient (Wildman–Crippen LogP) is 2.56. The number of aromatic nitrogens is 1. The van der Waals surface area contributed by atoms with Crippen LogP contribution in [0.25, 0.3) is 0 Å². The number of likely N-dealkylation sites (tertiary alicyclic amines) is 1. The lowest BCUT2D eigenvalue weighted by atomic mass is 9.99. The molecule has 1 N–H and O–H groups in total. The fourth-order valence-electron chi connectivity index (χ4n) is 4.14. The maximum absolute atomic E-state index is 12.6. The predicted molar refractivity (Wildman–Crippen MR) is 105 cm³/mol. The summed E-state index contributed by atoms with van der Waals surface area (Å²) >= 11 is 0. The third kappa shape index (κ3) is 6.63. The molecular weight excluding hydrogens is 433 g/mol. The standard InChI is InChI=1S/C19H26N2O4.C2HF3O2/c22-19(18-4-2-10-24-18)21-9-7-17-16(21)6-5-15(25-17)13-23-12-14-3-1-8-20-11-14;3-2(4,5)1(6)7/h1,3,8,11,15-18H,2,4-7,9-10,12-13H2;(H,6,7)/t15-,16+,17+,18?;/m1./s1. The van der Waals surface area contributed by atoms with Gasteiger partial charge in [-0.1, -0.05) is 6.07 Å². The van der Waals surface area contributed by atoms with Crippen molar-refractivity contribution in [2.75, 3.05) is 19.8 Å². The van der Waals surface area contributed by atoms with Gasteiger partial charge in [-0.15, -0.1) is 0 Å². The molecule has 3 aliphatic heterocycles. The summed E-state index contributed by atoms with van der Waals surface area (Å²) in [5, 5.41) is 7.12. The van der Waals surface area contributed by atoms with E-state index in [1.807, 2.05) is 23.2 Å². The molecule has 8 nitrogen and oxygen atoms in total. The van der Waals surface area contributed by atoms with E-state index in [4.69, 9.17) is 24.1 Å². The van der Waals surface area contributed by atoms with Crippen molar-refractivity contribution >= 4 is 11.9 Å². The third-order valence-corrected chi connectivity index (χ3v) is 5.66. The highest BCUT2D eigenvalue weighted by Crippen LogP contribution is 2.33. The second-order valence-corrected chi connectivity index (χ2v) is 7.94. The van der Waals surface area contributed by atoms with Crippen LogP contribution in [-0.4, -0.2) is 77.2 Å². The SMILES string of the molecule is O=C(C1CCCO1)N1CC[C@@H]2O[C@@H](COCc3cccnc3)CC[C@@H]21.O=C(O)C(F)(F)F. The number of ether oxygens (including phenoxy) is 3. The van der Waals surface area contributed by atoms with E-state index in [0.717, 1.165) is 44.2 Å². The molecule has 1 amide bonds. The smallest absolute Gasteiger partial charge is 0.475 e. The van der Waals surface area contributed by atoms with Crippen LogP contribution in [0.15, 0.2) is 24.5 Å². The van der Waals surface area contributed by atoms with E-state index >= 15 is 0 Å². The minimum Gasteiger partial charge on any atom is -0.475 e. The van der Waals surface area contributed by atoms with E-state index < -0.39 is 12.1 Å². The minimum atomic E-state index is -5.08. The molecule has 0 saturated carbocycles. The summed E-state index contributed by atoms with van der Waals surface area (Å²) in [5.74, 6) is -2.59. The Morgan fingerprint density at radius 2 is 2.03 bits per heavy atom. The van der Waals surface area contributed by atoms with Gasteiger partial charge in [-0.05, 0) is 43.7 Å². The van der Waals surface area contributed by atoms with E-state index in [1.165, 1.54) is 0 Å². The first-order chi connectivity index (χ1) is 15.3. The van der Waals surface area contributed by atoms with Crippen molar-refractivity contribution in [1.82, 2.24) is 9.88 Å². The Kier molecular flexibility index (Phi) is 8.44. The fourth-order valence-corrected chi connectivity index (χ4v) is 4.14. The zero-order chi connectivity index (χ0) is 23.1. The number of pyridine rings is 1. The van der Waals surface area contributed by atoms with Crippen LogP contribution in [0.5, 0.6) is 0 Å². The summed E-state index contributed by atoms with van der Waals surface area (Å²) in [4.78, 5) is 27.6. The Hall–Kier alpha value is -2.24. The van der Waals surface area contributed by atoms with Crippen LogP contribution in [0, 0.1) is 0 Å². The molecule has 4 rings (SSSR count). The molecule has 0 radical (unpaired) electrons. The van der Waals surface area contributed by atoms with Crippen LogP contribution in [0.2, 0.25) is 0 Å². The Morgan fingerprint density at radius 3 is 2.66 bits per heavy atom. The Morgan fingerprint density at radius 1 is 1.25 bits per heavy atom. The number of hydrogen-bond acceptors (Lipinski definition) is 6. The van der Waals surface area contributed by atoms with Crippen molar-refractivity contribution in [3.05, 3.63) is 30.1 Å². The van der Waals surface area contributed by atoms with Gasteiger partial charge in [0.2, 0.25) is 0 Å². The summed E-state index contributed by atoms with van der Waals surface area (Å²) in [6.45, 7) is 2.66. The number of aliphatic carboxylic acids is 1. The van der Waals surface area contributed by atoms with Crippen LogP contribution < -0.4 is 0 Å². The lowest BCUT2D eigenvalue weighted by Crippen LogP contribution is -2.48. The molecule has 3 aliphatic rings. The van der Waals surface area contributed by atoms with Gasteiger partial charge in [0.05, 0.1) is 31.5 Å². The Balaban J connectivity index is 0.000000360. The van der Waals surface area contributed by atoms with Crippen LogP contribution in [0.1, 0.15) is 37.7 Å². The number of halogens is 3. The zero-order valence-corrected chi connectivity index (χ0v) is 17.5. The summed E-state index contributed by atoms with van der Waals surface area (Å²) in [7, 11) is 0. The maximum atomic E-state index is 12.6. The fraction of sp³-hybridized carbons (Fsp3) is 0.667. The molecule has 1 aromatic heterocycles. The maximum Gasteiger partial charge on any atom is 0.490 e. The third-order valence-electron chi connectivity index (χ3n) is 5.66. The highest BCUT2D eigenvalue weighted by molar-refractivity contribution is 5.81. The summed E-state index contributed by atoms with van der Waals surface area (Å²) in [6, 6.07) is 4.14. The van der Waals surface area contributed by atoms with Crippen molar-refractivity contribution in [2.45, 2.75) is 69.2 Å². The van der Waals surface area contributed by atoms with E-state index in [9.17, 15) is 18.0 Å². The molecule has 0 aliphatic carbocycles. The second-order valence-electron chi connectivity index (χ2n) is 7.94. The van der Waals surface area contributed by atoms with Crippen molar-refractivity contribution in [2.24, 2.45) is 0 Å². The average molecular weight is 460 g/mol. The summed E-state index contributed by atoms with van der Waals surface area (Å²) in [5.41, 5.74) is 1.07. The first-order valence-electron chi connectivity index (χ1n) is 10.6. The first kappa shape index (κ1) is 24.4. The van der Waals surface area contributed by atoms with Crippen LogP contribution in [0.4, 0.5) is 13.2 Å². The first-order valence-corrected chi connectivity index (χ1v) is 10.6. The highest BCUT2D eigenvalue weighted by atomic mass is 19.4. The molecule has 11 heteroatoms. The van der Waals surface area contributed by atoms with E-state index in [1.54, 1.807) is 6.20 Å². The number of carboxylic acids is 1. The van der Waals surface area contributed by atoms with Gasteiger partial charge >= 0.3 is 12.1 Å². The van der Waals surface area contributed by atoms with Crippen molar-refractivity contribution < 1.29 is 42.1 Å². The lowest BCUT2D eigenvalue weighted by Gasteiger charge is -2.36. The number of rotatable bonds is 5. The molecule has 0 aromatic carbocycles. The topological polar surface area (TPSA) is 98.2 Å². The van der Waals surface area contributed by atoms with Gasteiger partial charge in [-0.3, -0.25) is 9.78 Å². The van der Waals surface area contributed by atoms with Gasteiger partial charge in [0.15, 0.2) is 0 Å². The number of carbonyl (C=O) groups is 2. The molecular formula is C21H27F3N2O6. The Labute approximate surface area is 183 Å². The average Bonchev–Trinajstić information content (AvgIpc) is 3.44. The molecule has 1 unspecified atom stereocenters. The van der Waals surface area contributed by atoms with Gasteiger partial charge in [0.25, 0.3) is 5.91 Å². The normalized spacial score (nSPS) is 27.4. The van der Waals surface area contributed by atoms with Gasteiger partial charge < -0.3 is 24.2 Å². The molecule has 4 atom stereocenters. The lowest BCUT2D eigenvalue weighted by molar-refractivity contribution is -0.192. The van der Waals surface area contributed by atoms with Crippen molar-refractivity contribution in [3.8, 4) is 0 Å². The number of alkyl halides is 3. The molecule has 0 bridgehead atoms. The van der Waals surface area contributed by atoms with Crippen LogP contribution in [-0.2, 0) is 30.4 Å².